The smallest absolute Gasteiger partial charge is 0.127 e. The molecule has 3 heteroatoms. The van der Waals surface area contributed by atoms with Gasteiger partial charge in [0.05, 0.1) is 0 Å². The van der Waals surface area contributed by atoms with E-state index in [1.807, 2.05) is 19.2 Å². The highest BCUT2D eigenvalue weighted by molar-refractivity contribution is 5.17. The maximum absolute atomic E-state index is 13.6. The van der Waals surface area contributed by atoms with Crippen molar-refractivity contribution in [1.82, 2.24) is 10.2 Å². The van der Waals surface area contributed by atoms with Gasteiger partial charge < -0.3 is 10.2 Å². The molecule has 18 heavy (non-hydrogen) atoms. The molecule has 2 atom stereocenters. The zero-order chi connectivity index (χ0) is 13.0. The summed E-state index contributed by atoms with van der Waals surface area (Å²) < 4.78 is 13.6. The standard InChI is InChI=1S/C15H23FN2/c1-17-15-9-5-7-13(15)11-18(2)10-12-6-3-4-8-14(12)16/h3-4,6,8,13,15,17H,5,7,9-11H2,1-2H3. The number of rotatable bonds is 5. The Morgan fingerprint density at radius 1 is 1.33 bits per heavy atom. The topological polar surface area (TPSA) is 15.3 Å². The molecule has 2 rings (SSSR count). The number of nitrogens with zero attached hydrogens (tertiary/aromatic N) is 1. The van der Waals surface area contributed by atoms with Gasteiger partial charge in [0.1, 0.15) is 5.82 Å². The summed E-state index contributed by atoms with van der Waals surface area (Å²) in [5, 5.41) is 3.39. The molecule has 0 spiro atoms. The summed E-state index contributed by atoms with van der Waals surface area (Å²) in [7, 11) is 4.12. The molecule has 1 aliphatic carbocycles. The van der Waals surface area contributed by atoms with E-state index in [9.17, 15) is 4.39 Å². The summed E-state index contributed by atoms with van der Waals surface area (Å²) in [6.45, 7) is 1.74. The second-order valence-electron chi connectivity index (χ2n) is 5.37. The minimum Gasteiger partial charge on any atom is -0.317 e. The molecule has 0 saturated heterocycles. The van der Waals surface area contributed by atoms with Gasteiger partial charge in [0.15, 0.2) is 0 Å². The molecule has 1 saturated carbocycles. The highest BCUT2D eigenvalue weighted by atomic mass is 19.1. The highest BCUT2D eigenvalue weighted by Crippen LogP contribution is 2.26. The van der Waals surface area contributed by atoms with Crippen LogP contribution in [0, 0.1) is 11.7 Å². The number of benzene rings is 1. The molecule has 1 aromatic rings. The van der Waals surface area contributed by atoms with Crippen LogP contribution in [0.1, 0.15) is 24.8 Å². The molecular weight excluding hydrogens is 227 g/mol. The molecule has 0 bridgehead atoms. The molecule has 0 aromatic heterocycles. The van der Waals surface area contributed by atoms with E-state index in [4.69, 9.17) is 0 Å². The van der Waals surface area contributed by atoms with Crippen molar-refractivity contribution in [1.29, 1.82) is 0 Å². The van der Waals surface area contributed by atoms with E-state index in [0.29, 0.717) is 18.5 Å². The number of nitrogens with one attached hydrogen (secondary N) is 1. The van der Waals surface area contributed by atoms with Gasteiger partial charge in [-0.3, -0.25) is 0 Å². The van der Waals surface area contributed by atoms with Crippen LogP contribution in [0.4, 0.5) is 4.39 Å². The summed E-state index contributed by atoms with van der Waals surface area (Å²) in [4.78, 5) is 2.23. The largest absolute Gasteiger partial charge is 0.317 e. The fourth-order valence-electron chi connectivity index (χ4n) is 3.02. The van der Waals surface area contributed by atoms with Gasteiger partial charge >= 0.3 is 0 Å². The third-order valence-electron chi connectivity index (χ3n) is 3.97. The maximum Gasteiger partial charge on any atom is 0.127 e. The number of hydrogen-bond acceptors (Lipinski definition) is 2. The molecule has 100 valence electrons. The van der Waals surface area contributed by atoms with E-state index in [1.165, 1.54) is 25.3 Å². The average molecular weight is 250 g/mol. The van der Waals surface area contributed by atoms with Crippen LogP contribution in [0.3, 0.4) is 0 Å². The molecule has 2 unspecified atom stereocenters. The predicted molar refractivity (Wildman–Crippen MR) is 72.9 cm³/mol. The van der Waals surface area contributed by atoms with Crippen molar-refractivity contribution in [3.05, 3.63) is 35.6 Å². The molecule has 0 aliphatic heterocycles. The summed E-state index contributed by atoms with van der Waals surface area (Å²) in [5.74, 6) is 0.604. The molecule has 0 amide bonds. The monoisotopic (exact) mass is 250 g/mol. The Hall–Kier alpha value is -0.930. The van der Waals surface area contributed by atoms with Gasteiger partial charge in [-0.15, -0.1) is 0 Å². The lowest BCUT2D eigenvalue weighted by Gasteiger charge is -2.25. The van der Waals surface area contributed by atoms with Gasteiger partial charge in [-0.1, -0.05) is 24.6 Å². The summed E-state index contributed by atoms with van der Waals surface area (Å²) in [5.41, 5.74) is 0.791. The van der Waals surface area contributed by atoms with Crippen molar-refractivity contribution < 1.29 is 4.39 Å². The van der Waals surface area contributed by atoms with Crippen LogP contribution in [0.15, 0.2) is 24.3 Å². The Kier molecular flexibility index (Phi) is 4.72. The minimum absolute atomic E-state index is 0.0964. The highest BCUT2D eigenvalue weighted by Gasteiger charge is 2.26. The van der Waals surface area contributed by atoms with Crippen molar-refractivity contribution in [2.45, 2.75) is 31.8 Å². The van der Waals surface area contributed by atoms with Crippen molar-refractivity contribution in [3.63, 3.8) is 0 Å². The molecule has 2 nitrogen and oxygen atoms in total. The molecule has 1 fully saturated rings. The van der Waals surface area contributed by atoms with Crippen LogP contribution < -0.4 is 5.32 Å². The number of hydrogen-bond donors (Lipinski definition) is 1. The van der Waals surface area contributed by atoms with Gasteiger partial charge in [-0.05, 0) is 38.9 Å². The van der Waals surface area contributed by atoms with E-state index in [2.05, 4.69) is 17.3 Å². The third kappa shape index (κ3) is 3.30. The predicted octanol–water partition coefficient (Wildman–Crippen LogP) is 2.65. The first-order chi connectivity index (χ1) is 8.70. The second-order valence-corrected chi connectivity index (χ2v) is 5.37. The Morgan fingerprint density at radius 3 is 2.83 bits per heavy atom. The molecule has 1 aliphatic rings. The van der Waals surface area contributed by atoms with Crippen LogP contribution in [-0.4, -0.2) is 31.6 Å². The first kappa shape index (κ1) is 13.5. The SMILES string of the molecule is CNC1CCCC1CN(C)Cc1ccccc1F. The summed E-state index contributed by atoms with van der Waals surface area (Å²) >= 11 is 0. The normalized spacial score (nSPS) is 23.8. The fourth-order valence-corrected chi connectivity index (χ4v) is 3.02. The maximum atomic E-state index is 13.6. The lowest BCUT2D eigenvalue weighted by molar-refractivity contribution is 0.246. The van der Waals surface area contributed by atoms with E-state index in [0.717, 1.165) is 12.1 Å². The third-order valence-corrected chi connectivity index (χ3v) is 3.97. The minimum atomic E-state index is -0.0964. The molecule has 1 N–H and O–H groups in total. The van der Waals surface area contributed by atoms with Crippen LogP contribution >= 0.6 is 0 Å². The lowest BCUT2D eigenvalue weighted by atomic mass is 10.0. The van der Waals surface area contributed by atoms with Gasteiger partial charge in [0.25, 0.3) is 0 Å². The number of halogens is 1. The zero-order valence-corrected chi connectivity index (χ0v) is 11.3. The average Bonchev–Trinajstić information content (AvgIpc) is 2.79. The van der Waals surface area contributed by atoms with Crippen molar-refractivity contribution in [3.8, 4) is 0 Å². The van der Waals surface area contributed by atoms with Gasteiger partial charge in [0, 0.05) is 24.7 Å². The lowest BCUT2D eigenvalue weighted by Crippen LogP contribution is -2.36. The Labute approximate surface area is 109 Å². The Balaban J connectivity index is 1.89. The van der Waals surface area contributed by atoms with Gasteiger partial charge in [-0.2, -0.15) is 0 Å². The first-order valence-corrected chi connectivity index (χ1v) is 6.80. The Morgan fingerprint density at radius 2 is 2.11 bits per heavy atom. The second kappa shape index (κ2) is 6.30. The Bertz CT molecular complexity index is 381. The van der Waals surface area contributed by atoms with Crippen LogP contribution in [0.25, 0.3) is 0 Å². The van der Waals surface area contributed by atoms with E-state index < -0.39 is 0 Å². The van der Waals surface area contributed by atoms with Crippen molar-refractivity contribution in [2.75, 3.05) is 20.6 Å². The van der Waals surface area contributed by atoms with E-state index >= 15 is 0 Å². The molecule has 0 radical (unpaired) electrons. The molecule has 1 aromatic carbocycles. The summed E-state index contributed by atoms with van der Waals surface area (Å²) in [6.07, 6.45) is 3.87. The quantitative estimate of drug-likeness (QED) is 0.864. The van der Waals surface area contributed by atoms with E-state index in [1.54, 1.807) is 6.07 Å². The fraction of sp³-hybridized carbons (Fsp3) is 0.600. The van der Waals surface area contributed by atoms with E-state index in [-0.39, 0.29) is 5.82 Å². The van der Waals surface area contributed by atoms with Gasteiger partial charge in [-0.25, -0.2) is 4.39 Å². The van der Waals surface area contributed by atoms with Gasteiger partial charge in [0.2, 0.25) is 0 Å². The van der Waals surface area contributed by atoms with Crippen LogP contribution in [-0.2, 0) is 6.54 Å². The van der Waals surface area contributed by atoms with Crippen LogP contribution in [0.2, 0.25) is 0 Å². The molecule has 0 heterocycles. The zero-order valence-electron chi connectivity index (χ0n) is 11.3. The molecular formula is C15H23FN2. The summed E-state index contributed by atoms with van der Waals surface area (Å²) in [6, 6.07) is 7.68. The van der Waals surface area contributed by atoms with Crippen molar-refractivity contribution in [2.24, 2.45) is 5.92 Å². The van der Waals surface area contributed by atoms with Crippen molar-refractivity contribution >= 4 is 0 Å². The first-order valence-electron chi connectivity index (χ1n) is 6.80. The van der Waals surface area contributed by atoms with Crippen LogP contribution in [0.5, 0.6) is 0 Å².